The lowest BCUT2D eigenvalue weighted by atomic mass is 10.1. The molecule has 0 atom stereocenters. The molecular formula is C17H19NO3. The van der Waals surface area contributed by atoms with Crippen molar-refractivity contribution >= 4 is 5.91 Å². The minimum atomic E-state index is -0.240. The van der Waals surface area contributed by atoms with Crippen LogP contribution in [0.4, 0.5) is 0 Å². The molecule has 0 aromatic heterocycles. The van der Waals surface area contributed by atoms with Crippen molar-refractivity contribution in [1.82, 2.24) is 4.90 Å². The van der Waals surface area contributed by atoms with E-state index in [1.54, 1.807) is 17.0 Å². The second-order valence-corrected chi connectivity index (χ2v) is 4.66. The molecule has 1 N–H and O–H groups in total. The van der Waals surface area contributed by atoms with Gasteiger partial charge in [0, 0.05) is 13.1 Å². The van der Waals surface area contributed by atoms with Gasteiger partial charge >= 0.3 is 0 Å². The number of hydrogen-bond acceptors (Lipinski definition) is 3. The fourth-order valence-electron chi connectivity index (χ4n) is 2.19. The van der Waals surface area contributed by atoms with Crippen molar-refractivity contribution in [3.8, 4) is 11.5 Å². The molecule has 110 valence electrons. The SMILES string of the molecule is CCN(Cc1ccccc1)C(=O)c1c(O)cccc1OC. The molecule has 0 bridgehead atoms. The first-order valence-corrected chi connectivity index (χ1v) is 6.86. The van der Waals surface area contributed by atoms with E-state index in [9.17, 15) is 9.90 Å². The number of benzene rings is 2. The number of ether oxygens (including phenoxy) is 1. The van der Waals surface area contributed by atoms with Gasteiger partial charge in [-0.1, -0.05) is 36.4 Å². The second-order valence-electron chi connectivity index (χ2n) is 4.66. The molecular weight excluding hydrogens is 266 g/mol. The van der Waals surface area contributed by atoms with Gasteiger partial charge in [-0.05, 0) is 24.6 Å². The Bertz CT molecular complexity index is 611. The maximum atomic E-state index is 12.7. The lowest BCUT2D eigenvalue weighted by molar-refractivity contribution is 0.0746. The molecule has 2 rings (SSSR count). The number of rotatable bonds is 5. The lowest BCUT2D eigenvalue weighted by Gasteiger charge is -2.22. The number of hydrogen-bond donors (Lipinski definition) is 1. The summed E-state index contributed by atoms with van der Waals surface area (Å²) in [4.78, 5) is 14.3. The van der Waals surface area contributed by atoms with Crippen molar-refractivity contribution in [3.63, 3.8) is 0 Å². The summed E-state index contributed by atoms with van der Waals surface area (Å²) in [5.74, 6) is 0.0775. The summed E-state index contributed by atoms with van der Waals surface area (Å²) in [7, 11) is 1.49. The lowest BCUT2D eigenvalue weighted by Crippen LogP contribution is -2.30. The molecule has 0 fully saturated rings. The highest BCUT2D eigenvalue weighted by Crippen LogP contribution is 2.29. The topological polar surface area (TPSA) is 49.8 Å². The molecule has 21 heavy (non-hydrogen) atoms. The third-order valence-corrected chi connectivity index (χ3v) is 3.32. The van der Waals surface area contributed by atoms with Gasteiger partial charge in [-0.2, -0.15) is 0 Å². The smallest absolute Gasteiger partial charge is 0.261 e. The van der Waals surface area contributed by atoms with Gasteiger partial charge in [-0.15, -0.1) is 0 Å². The minimum absolute atomic E-state index is 0.0640. The van der Waals surface area contributed by atoms with E-state index in [1.807, 2.05) is 37.3 Å². The van der Waals surface area contributed by atoms with Gasteiger partial charge in [-0.25, -0.2) is 0 Å². The fraction of sp³-hybridized carbons (Fsp3) is 0.235. The van der Waals surface area contributed by atoms with Crippen LogP contribution in [0.1, 0.15) is 22.8 Å². The number of phenols is 1. The summed E-state index contributed by atoms with van der Waals surface area (Å²) >= 11 is 0. The summed E-state index contributed by atoms with van der Waals surface area (Å²) in [6.07, 6.45) is 0. The molecule has 0 saturated heterocycles. The maximum Gasteiger partial charge on any atom is 0.261 e. The summed E-state index contributed by atoms with van der Waals surface area (Å²) < 4.78 is 5.18. The van der Waals surface area contributed by atoms with Crippen LogP contribution < -0.4 is 4.74 Å². The highest BCUT2D eigenvalue weighted by atomic mass is 16.5. The quantitative estimate of drug-likeness (QED) is 0.918. The molecule has 0 unspecified atom stereocenters. The molecule has 0 spiro atoms. The van der Waals surface area contributed by atoms with Crippen LogP contribution in [0.3, 0.4) is 0 Å². The molecule has 0 radical (unpaired) electrons. The Morgan fingerprint density at radius 2 is 1.86 bits per heavy atom. The van der Waals surface area contributed by atoms with Crippen LogP contribution in [0.5, 0.6) is 11.5 Å². The predicted octanol–water partition coefficient (Wildman–Crippen LogP) is 3.06. The number of nitrogens with zero attached hydrogens (tertiary/aromatic N) is 1. The number of methoxy groups -OCH3 is 1. The Morgan fingerprint density at radius 3 is 2.48 bits per heavy atom. The van der Waals surface area contributed by atoms with E-state index in [0.717, 1.165) is 5.56 Å². The average molecular weight is 285 g/mol. The Hall–Kier alpha value is -2.49. The van der Waals surface area contributed by atoms with Crippen molar-refractivity contribution in [2.45, 2.75) is 13.5 Å². The average Bonchev–Trinajstić information content (AvgIpc) is 2.52. The van der Waals surface area contributed by atoms with Gasteiger partial charge in [0.05, 0.1) is 7.11 Å². The van der Waals surface area contributed by atoms with Crippen LogP contribution >= 0.6 is 0 Å². The standard InChI is InChI=1S/C17H19NO3/c1-3-18(12-13-8-5-4-6-9-13)17(20)16-14(19)10-7-11-15(16)21-2/h4-11,19H,3,12H2,1-2H3. The van der Waals surface area contributed by atoms with E-state index >= 15 is 0 Å². The summed E-state index contributed by atoms with van der Waals surface area (Å²) in [5, 5.41) is 9.98. The fourth-order valence-corrected chi connectivity index (χ4v) is 2.19. The van der Waals surface area contributed by atoms with E-state index in [0.29, 0.717) is 18.8 Å². The number of carbonyl (C=O) groups excluding carboxylic acids is 1. The third-order valence-electron chi connectivity index (χ3n) is 3.32. The number of amides is 1. The zero-order chi connectivity index (χ0) is 15.2. The van der Waals surface area contributed by atoms with Crippen LogP contribution in [0, 0.1) is 0 Å². The molecule has 1 amide bonds. The molecule has 0 saturated carbocycles. The summed E-state index contributed by atoms with van der Waals surface area (Å²) in [5.41, 5.74) is 1.25. The first-order valence-electron chi connectivity index (χ1n) is 6.86. The molecule has 4 heteroatoms. The highest BCUT2D eigenvalue weighted by molar-refractivity contribution is 5.99. The maximum absolute atomic E-state index is 12.7. The van der Waals surface area contributed by atoms with Crippen LogP contribution in [-0.2, 0) is 6.54 Å². The second kappa shape index (κ2) is 6.79. The first-order chi connectivity index (χ1) is 10.2. The monoisotopic (exact) mass is 285 g/mol. The normalized spacial score (nSPS) is 10.2. The van der Waals surface area contributed by atoms with Crippen LogP contribution in [0.15, 0.2) is 48.5 Å². The predicted molar refractivity (Wildman–Crippen MR) is 81.5 cm³/mol. The van der Waals surface area contributed by atoms with E-state index in [4.69, 9.17) is 4.74 Å². The molecule has 2 aromatic rings. The Kier molecular flexibility index (Phi) is 4.82. The van der Waals surface area contributed by atoms with Gasteiger partial charge in [0.25, 0.3) is 5.91 Å². The van der Waals surface area contributed by atoms with Gasteiger partial charge in [0.1, 0.15) is 17.1 Å². The van der Waals surface area contributed by atoms with Crippen LogP contribution in [0.2, 0.25) is 0 Å². The molecule has 2 aromatic carbocycles. The Labute approximate surface area is 124 Å². The van der Waals surface area contributed by atoms with Crippen molar-refractivity contribution in [2.75, 3.05) is 13.7 Å². The summed E-state index contributed by atoms with van der Waals surface area (Å²) in [6, 6.07) is 14.6. The van der Waals surface area contributed by atoms with Crippen LogP contribution in [0.25, 0.3) is 0 Å². The van der Waals surface area contributed by atoms with Gasteiger partial charge in [0.15, 0.2) is 0 Å². The molecule has 0 heterocycles. The van der Waals surface area contributed by atoms with Crippen molar-refractivity contribution < 1.29 is 14.6 Å². The largest absolute Gasteiger partial charge is 0.507 e. The Balaban J connectivity index is 2.29. The van der Waals surface area contributed by atoms with Crippen molar-refractivity contribution in [3.05, 3.63) is 59.7 Å². The van der Waals surface area contributed by atoms with Gasteiger partial charge in [0.2, 0.25) is 0 Å². The zero-order valence-corrected chi connectivity index (χ0v) is 12.2. The molecule has 0 aliphatic carbocycles. The number of carbonyl (C=O) groups is 1. The van der Waals surface area contributed by atoms with Crippen LogP contribution in [-0.4, -0.2) is 29.6 Å². The van der Waals surface area contributed by atoms with E-state index in [1.165, 1.54) is 13.2 Å². The molecule has 0 aliphatic rings. The van der Waals surface area contributed by atoms with Crippen molar-refractivity contribution in [1.29, 1.82) is 0 Å². The third kappa shape index (κ3) is 3.34. The minimum Gasteiger partial charge on any atom is -0.507 e. The summed E-state index contributed by atoms with van der Waals surface area (Å²) in [6.45, 7) is 2.95. The van der Waals surface area contributed by atoms with E-state index < -0.39 is 0 Å². The van der Waals surface area contributed by atoms with Gasteiger partial charge < -0.3 is 14.7 Å². The van der Waals surface area contributed by atoms with E-state index in [2.05, 4.69) is 0 Å². The van der Waals surface area contributed by atoms with Gasteiger partial charge in [-0.3, -0.25) is 4.79 Å². The molecule has 0 aliphatic heterocycles. The van der Waals surface area contributed by atoms with Crippen molar-refractivity contribution in [2.24, 2.45) is 0 Å². The Morgan fingerprint density at radius 1 is 1.14 bits per heavy atom. The highest BCUT2D eigenvalue weighted by Gasteiger charge is 2.22. The first kappa shape index (κ1) is 14.9. The zero-order valence-electron chi connectivity index (χ0n) is 12.2. The number of aromatic hydroxyl groups is 1. The van der Waals surface area contributed by atoms with E-state index in [-0.39, 0.29) is 17.2 Å². The molecule has 4 nitrogen and oxygen atoms in total. The number of phenolic OH excluding ortho intramolecular Hbond substituents is 1.